The van der Waals surface area contributed by atoms with E-state index in [0.717, 1.165) is 26.2 Å². The summed E-state index contributed by atoms with van der Waals surface area (Å²) < 4.78 is 0. The Labute approximate surface area is 81.9 Å². The monoisotopic (exact) mass is 201 g/mol. The third kappa shape index (κ3) is 4.06. The SMILES string of the molecule is NC(=NCC(=O)O)NN1CCNCC1. The molecule has 0 atom stereocenters. The van der Waals surface area contributed by atoms with Crippen molar-refractivity contribution in [2.24, 2.45) is 10.7 Å². The van der Waals surface area contributed by atoms with Crippen LogP contribution in [0.4, 0.5) is 0 Å². The summed E-state index contributed by atoms with van der Waals surface area (Å²) in [5.41, 5.74) is 8.30. The number of nitrogens with zero attached hydrogens (tertiary/aromatic N) is 2. The molecule has 0 aliphatic carbocycles. The lowest BCUT2D eigenvalue weighted by Gasteiger charge is -2.27. The van der Waals surface area contributed by atoms with Crippen LogP contribution in [0.25, 0.3) is 0 Å². The Morgan fingerprint density at radius 1 is 1.57 bits per heavy atom. The van der Waals surface area contributed by atoms with Crippen LogP contribution in [0.5, 0.6) is 0 Å². The molecule has 0 spiro atoms. The van der Waals surface area contributed by atoms with Crippen LogP contribution in [0, 0.1) is 0 Å². The first-order valence-corrected chi connectivity index (χ1v) is 4.42. The van der Waals surface area contributed by atoms with Crippen LogP contribution < -0.4 is 16.5 Å². The van der Waals surface area contributed by atoms with Crippen LogP contribution >= 0.6 is 0 Å². The topological polar surface area (TPSA) is 103 Å². The first-order chi connectivity index (χ1) is 6.68. The summed E-state index contributed by atoms with van der Waals surface area (Å²) in [5, 5.41) is 13.4. The molecule has 7 heteroatoms. The van der Waals surface area contributed by atoms with Crippen molar-refractivity contribution in [1.82, 2.24) is 15.8 Å². The number of hydrogen-bond acceptors (Lipinski definition) is 4. The molecule has 0 unspecified atom stereocenters. The maximum atomic E-state index is 10.2. The van der Waals surface area contributed by atoms with Crippen molar-refractivity contribution < 1.29 is 9.90 Å². The summed E-state index contributed by atoms with van der Waals surface area (Å²) in [4.78, 5) is 13.8. The van der Waals surface area contributed by atoms with Crippen molar-refractivity contribution in [3.8, 4) is 0 Å². The summed E-state index contributed by atoms with van der Waals surface area (Å²) in [6.45, 7) is 3.12. The van der Waals surface area contributed by atoms with E-state index >= 15 is 0 Å². The molecule has 1 aliphatic heterocycles. The van der Waals surface area contributed by atoms with Crippen molar-refractivity contribution in [3.05, 3.63) is 0 Å². The zero-order chi connectivity index (χ0) is 10.4. The maximum absolute atomic E-state index is 10.2. The summed E-state index contributed by atoms with van der Waals surface area (Å²) in [7, 11) is 0. The van der Waals surface area contributed by atoms with Crippen molar-refractivity contribution in [3.63, 3.8) is 0 Å². The molecule has 7 nitrogen and oxygen atoms in total. The second kappa shape index (κ2) is 5.40. The van der Waals surface area contributed by atoms with Crippen molar-refractivity contribution >= 4 is 11.9 Å². The average Bonchev–Trinajstić information content (AvgIpc) is 2.16. The minimum absolute atomic E-state index is 0.148. The van der Waals surface area contributed by atoms with Gasteiger partial charge in [-0.05, 0) is 0 Å². The number of nitrogens with two attached hydrogens (primary N) is 1. The van der Waals surface area contributed by atoms with Crippen LogP contribution in [0.2, 0.25) is 0 Å². The highest BCUT2D eigenvalue weighted by Crippen LogP contribution is 1.85. The Bertz CT molecular complexity index is 224. The van der Waals surface area contributed by atoms with Crippen LogP contribution in [0.3, 0.4) is 0 Å². The molecule has 0 radical (unpaired) electrons. The van der Waals surface area contributed by atoms with Crippen LogP contribution in [0.15, 0.2) is 4.99 Å². The fraction of sp³-hybridized carbons (Fsp3) is 0.714. The molecule has 0 saturated carbocycles. The molecule has 0 amide bonds. The minimum Gasteiger partial charge on any atom is -0.480 e. The van der Waals surface area contributed by atoms with Gasteiger partial charge in [-0.3, -0.25) is 10.2 Å². The van der Waals surface area contributed by atoms with Crippen molar-refractivity contribution in [2.75, 3.05) is 32.7 Å². The van der Waals surface area contributed by atoms with E-state index in [1.807, 2.05) is 5.01 Å². The third-order valence-electron chi connectivity index (χ3n) is 1.77. The number of piperazine rings is 1. The lowest BCUT2D eigenvalue weighted by atomic mass is 10.4. The molecule has 0 aromatic carbocycles. The Balaban J connectivity index is 2.27. The van der Waals surface area contributed by atoms with Crippen molar-refractivity contribution in [1.29, 1.82) is 0 Å². The highest BCUT2D eigenvalue weighted by molar-refractivity contribution is 5.80. The van der Waals surface area contributed by atoms with Gasteiger partial charge in [0.2, 0.25) is 5.96 Å². The molecule has 1 rings (SSSR count). The molecule has 0 aromatic rings. The number of carbonyl (C=O) groups is 1. The molecular formula is C7H15N5O2. The Kier molecular flexibility index (Phi) is 4.14. The van der Waals surface area contributed by atoms with E-state index in [1.165, 1.54) is 0 Å². The van der Waals surface area contributed by atoms with Gasteiger partial charge in [0, 0.05) is 26.2 Å². The summed E-state index contributed by atoms with van der Waals surface area (Å²) in [6, 6.07) is 0. The Hall–Kier alpha value is -1.34. The lowest BCUT2D eigenvalue weighted by molar-refractivity contribution is -0.135. The quantitative estimate of drug-likeness (QED) is 0.305. The molecule has 14 heavy (non-hydrogen) atoms. The van der Waals surface area contributed by atoms with E-state index in [0.29, 0.717) is 0 Å². The van der Waals surface area contributed by atoms with E-state index in [2.05, 4.69) is 15.7 Å². The van der Waals surface area contributed by atoms with E-state index < -0.39 is 5.97 Å². The molecule has 1 aliphatic rings. The van der Waals surface area contributed by atoms with Gasteiger partial charge in [0.05, 0.1) is 0 Å². The highest BCUT2D eigenvalue weighted by atomic mass is 16.4. The van der Waals surface area contributed by atoms with E-state index in [9.17, 15) is 4.79 Å². The van der Waals surface area contributed by atoms with Gasteiger partial charge >= 0.3 is 5.97 Å². The number of guanidine groups is 1. The second-order valence-electron chi connectivity index (χ2n) is 2.94. The standard InChI is InChI=1S/C7H15N5O2/c8-7(10-5-6(13)14)11-12-3-1-9-2-4-12/h9H,1-5H2,(H,13,14)(H3,8,10,11). The van der Waals surface area contributed by atoms with Gasteiger partial charge in [-0.1, -0.05) is 0 Å². The normalized spacial score (nSPS) is 19.3. The molecule has 1 heterocycles. The number of carboxylic acids is 1. The zero-order valence-electron chi connectivity index (χ0n) is 7.86. The van der Waals surface area contributed by atoms with Gasteiger partial charge in [-0.15, -0.1) is 0 Å². The minimum atomic E-state index is -0.991. The number of hydrogen-bond donors (Lipinski definition) is 4. The van der Waals surface area contributed by atoms with Gasteiger partial charge in [0.15, 0.2) is 0 Å². The van der Waals surface area contributed by atoms with Crippen LogP contribution in [0.1, 0.15) is 0 Å². The summed E-state index contributed by atoms with van der Waals surface area (Å²) >= 11 is 0. The Morgan fingerprint density at radius 3 is 2.79 bits per heavy atom. The summed E-state index contributed by atoms with van der Waals surface area (Å²) in [5.74, 6) is -0.843. The predicted octanol–water partition coefficient (Wildman–Crippen LogP) is -2.20. The van der Waals surface area contributed by atoms with E-state index in [4.69, 9.17) is 10.8 Å². The average molecular weight is 201 g/mol. The van der Waals surface area contributed by atoms with E-state index in [1.54, 1.807) is 0 Å². The number of hydrazine groups is 1. The smallest absolute Gasteiger partial charge is 0.325 e. The number of aliphatic imine (C=N–C) groups is 1. The maximum Gasteiger partial charge on any atom is 0.325 e. The number of aliphatic carboxylic acids is 1. The first-order valence-electron chi connectivity index (χ1n) is 4.42. The fourth-order valence-corrected chi connectivity index (χ4v) is 1.13. The molecular weight excluding hydrogens is 186 g/mol. The molecule has 0 bridgehead atoms. The molecule has 1 fully saturated rings. The molecule has 0 aromatic heterocycles. The van der Waals surface area contributed by atoms with Crippen molar-refractivity contribution in [2.45, 2.75) is 0 Å². The molecule has 80 valence electrons. The fourth-order valence-electron chi connectivity index (χ4n) is 1.13. The van der Waals surface area contributed by atoms with Gasteiger partial charge in [0.25, 0.3) is 0 Å². The van der Waals surface area contributed by atoms with Crippen LogP contribution in [-0.2, 0) is 4.79 Å². The number of nitrogens with one attached hydrogen (secondary N) is 2. The summed E-state index contributed by atoms with van der Waals surface area (Å²) in [6.07, 6.45) is 0. The highest BCUT2D eigenvalue weighted by Gasteiger charge is 2.09. The number of carboxylic acid groups (broad SMARTS) is 1. The van der Waals surface area contributed by atoms with Crippen LogP contribution in [-0.4, -0.2) is 54.8 Å². The third-order valence-corrected chi connectivity index (χ3v) is 1.77. The van der Waals surface area contributed by atoms with Gasteiger partial charge in [0.1, 0.15) is 6.54 Å². The zero-order valence-corrected chi connectivity index (χ0v) is 7.86. The van der Waals surface area contributed by atoms with E-state index in [-0.39, 0.29) is 12.5 Å². The molecule has 1 saturated heterocycles. The van der Waals surface area contributed by atoms with Gasteiger partial charge in [-0.2, -0.15) is 0 Å². The van der Waals surface area contributed by atoms with Gasteiger partial charge < -0.3 is 16.2 Å². The first kappa shape index (κ1) is 10.7. The molecule has 5 N–H and O–H groups in total. The lowest BCUT2D eigenvalue weighted by Crippen LogP contribution is -2.54. The number of rotatable bonds is 3. The Morgan fingerprint density at radius 2 is 2.21 bits per heavy atom. The largest absolute Gasteiger partial charge is 0.480 e. The second-order valence-corrected chi connectivity index (χ2v) is 2.94. The van der Waals surface area contributed by atoms with Gasteiger partial charge in [-0.25, -0.2) is 10.0 Å². The predicted molar refractivity (Wildman–Crippen MR) is 51.7 cm³/mol.